The Kier molecular flexibility index (Phi) is 11.8. The molecule has 7 heteroatoms. The van der Waals surface area contributed by atoms with Gasteiger partial charge in [-0.2, -0.15) is 0 Å². The number of nitrogens with one attached hydrogen (secondary N) is 2. The van der Waals surface area contributed by atoms with Gasteiger partial charge >= 0.3 is 0 Å². The van der Waals surface area contributed by atoms with Gasteiger partial charge in [0, 0.05) is 32.7 Å². The van der Waals surface area contributed by atoms with Gasteiger partial charge in [0.1, 0.15) is 5.75 Å². The summed E-state index contributed by atoms with van der Waals surface area (Å²) in [7, 11) is 1.68. The van der Waals surface area contributed by atoms with Gasteiger partial charge in [0.15, 0.2) is 5.96 Å². The summed E-state index contributed by atoms with van der Waals surface area (Å²) in [6.07, 6.45) is 2.57. The lowest BCUT2D eigenvalue weighted by Gasteiger charge is -2.29. The fourth-order valence-electron chi connectivity index (χ4n) is 3.72. The molecule has 1 aliphatic heterocycles. The highest BCUT2D eigenvalue weighted by molar-refractivity contribution is 14.0. The molecule has 1 saturated heterocycles. The van der Waals surface area contributed by atoms with Crippen molar-refractivity contribution in [3.63, 3.8) is 0 Å². The number of nitrogens with zero attached hydrogens (tertiary/aromatic N) is 2. The van der Waals surface area contributed by atoms with Gasteiger partial charge in [0.25, 0.3) is 0 Å². The number of guanidine groups is 1. The van der Waals surface area contributed by atoms with Crippen molar-refractivity contribution in [2.24, 2.45) is 4.99 Å². The van der Waals surface area contributed by atoms with Crippen LogP contribution in [0.4, 0.5) is 0 Å². The van der Waals surface area contributed by atoms with Crippen molar-refractivity contribution in [3.8, 4) is 5.75 Å². The van der Waals surface area contributed by atoms with Crippen molar-refractivity contribution in [1.29, 1.82) is 0 Å². The molecule has 1 aliphatic rings. The van der Waals surface area contributed by atoms with Crippen LogP contribution in [-0.4, -0.2) is 55.4 Å². The highest BCUT2D eigenvalue weighted by Crippen LogP contribution is 2.15. The molecule has 1 fully saturated rings. The largest absolute Gasteiger partial charge is 0.497 e. The smallest absolute Gasteiger partial charge is 0.191 e. The molecular formula is C25H37IN4O2. The number of aliphatic hydroxyl groups excluding tert-OH is 1. The second-order valence-corrected chi connectivity index (χ2v) is 8.04. The number of aliphatic imine (C=N–C) groups is 1. The van der Waals surface area contributed by atoms with E-state index >= 15 is 0 Å². The van der Waals surface area contributed by atoms with Crippen molar-refractivity contribution >= 4 is 29.9 Å². The summed E-state index contributed by atoms with van der Waals surface area (Å²) in [5.74, 6) is 1.72. The molecule has 0 unspecified atom stereocenters. The summed E-state index contributed by atoms with van der Waals surface area (Å²) >= 11 is 0. The minimum atomic E-state index is -0.118. The van der Waals surface area contributed by atoms with Gasteiger partial charge in [-0.05, 0) is 55.0 Å². The summed E-state index contributed by atoms with van der Waals surface area (Å²) in [6, 6.07) is 16.9. The zero-order chi connectivity index (χ0) is 21.9. The minimum Gasteiger partial charge on any atom is -0.497 e. The Balaban J connectivity index is 0.00000363. The Labute approximate surface area is 209 Å². The summed E-state index contributed by atoms with van der Waals surface area (Å²) in [5, 5.41) is 16.4. The first-order valence-corrected chi connectivity index (χ1v) is 11.3. The Morgan fingerprint density at radius 1 is 1.00 bits per heavy atom. The number of benzene rings is 2. The molecule has 3 N–H and O–H groups in total. The van der Waals surface area contributed by atoms with Gasteiger partial charge in [-0.3, -0.25) is 4.90 Å². The number of piperidine rings is 1. The summed E-state index contributed by atoms with van der Waals surface area (Å²) in [5.41, 5.74) is 3.78. The van der Waals surface area contributed by atoms with Crippen LogP contribution in [0.25, 0.3) is 0 Å². The van der Waals surface area contributed by atoms with E-state index in [0.29, 0.717) is 6.54 Å². The Morgan fingerprint density at radius 3 is 2.25 bits per heavy atom. The number of rotatable bonds is 9. The van der Waals surface area contributed by atoms with Gasteiger partial charge in [0.2, 0.25) is 0 Å². The zero-order valence-electron chi connectivity index (χ0n) is 19.2. The lowest BCUT2D eigenvalue weighted by atomic mass is 10.1. The monoisotopic (exact) mass is 552 g/mol. The molecule has 0 amide bonds. The topological polar surface area (TPSA) is 69.1 Å². The van der Waals surface area contributed by atoms with Crippen LogP contribution < -0.4 is 15.4 Å². The highest BCUT2D eigenvalue weighted by atomic mass is 127. The number of aliphatic hydroxyl groups is 1. The zero-order valence-corrected chi connectivity index (χ0v) is 21.5. The van der Waals surface area contributed by atoms with E-state index in [1.165, 1.54) is 16.7 Å². The van der Waals surface area contributed by atoms with Gasteiger partial charge in [-0.15, -0.1) is 24.0 Å². The molecule has 0 saturated carbocycles. The van der Waals surface area contributed by atoms with Crippen molar-refractivity contribution < 1.29 is 9.84 Å². The summed E-state index contributed by atoms with van der Waals surface area (Å²) in [6.45, 7) is 7.28. The first-order valence-electron chi connectivity index (χ1n) is 11.3. The normalized spacial score (nSPS) is 15.2. The highest BCUT2D eigenvalue weighted by Gasteiger charge is 2.16. The van der Waals surface area contributed by atoms with Crippen LogP contribution in [-0.2, 0) is 19.5 Å². The Morgan fingerprint density at radius 2 is 1.62 bits per heavy atom. The lowest BCUT2D eigenvalue weighted by molar-refractivity contribution is 0.0792. The van der Waals surface area contributed by atoms with Gasteiger partial charge in [-0.1, -0.05) is 36.4 Å². The number of methoxy groups -OCH3 is 1. The maximum Gasteiger partial charge on any atom is 0.191 e. The fourth-order valence-corrected chi connectivity index (χ4v) is 3.72. The molecule has 0 aromatic heterocycles. The van der Waals surface area contributed by atoms with E-state index in [9.17, 15) is 5.11 Å². The molecule has 32 heavy (non-hydrogen) atoms. The first-order chi connectivity index (χ1) is 15.2. The molecule has 6 nitrogen and oxygen atoms in total. The van der Waals surface area contributed by atoms with Gasteiger partial charge in [-0.25, -0.2) is 4.99 Å². The van der Waals surface area contributed by atoms with E-state index in [2.05, 4.69) is 58.9 Å². The van der Waals surface area contributed by atoms with E-state index in [1.807, 2.05) is 12.1 Å². The van der Waals surface area contributed by atoms with E-state index in [4.69, 9.17) is 9.73 Å². The number of hydrogen-bond donors (Lipinski definition) is 3. The number of ether oxygens (including phenoxy) is 1. The van der Waals surface area contributed by atoms with E-state index in [-0.39, 0.29) is 30.1 Å². The second kappa shape index (κ2) is 14.3. The molecule has 0 radical (unpaired) electrons. The van der Waals surface area contributed by atoms with Crippen LogP contribution in [0.1, 0.15) is 36.5 Å². The third-order valence-corrected chi connectivity index (χ3v) is 5.62. The van der Waals surface area contributed by atoms with Crippen LogP contribution in [0.3, 0.4) is 0 Å². The average molecular weight is 553 g/mol. The third-order valence-electron chi connectivity index (χ3n) is 5.62. The van der Waals surface area contributed by atoms with Gasteiger partial charge in [0.05, 0.1) is 19.8 Å². The van der Waals surface area contributed by atoms with Crippen LogP contribution in [0.5, 0.6) is 5.75 Å². The SMILES string of the molecule is CCNC(=NCc1ccc(CN2CCC(O)CC2)cc1)NCCc1ccc(OC)cc1.I. The van der Waals surface area contributed by atoms with E-state index < -0.39 is 0 Å². The third kappa shape index (κ3) is 8.96. The van der Waals surface area contributed by atoms with Crippen LogP contribution in [0.2, 0.25) is 0 Å². The molecule has 0 spiro atoms. The standard InChI is InChI=1S/C25H36N4O2.HI/c1-3-26-25(27-15-12-20-8-10-24(31-2)11-9-20)28-18-21-4-6-22(7-5-21)19-29-16-13-23(30)14-17-29;/h4-11,23,30H,3,12-19H2,1-2H3,(H2,26,27,28);1H. The van der Waals surface area contributed by atoms with E-state index in [0.717, 1.165) is 63.7 Å². The lowest BCUT2D eigenvalue weighted by Crippen LogP contribution is -2.38. The molecular weight excluding hydrogens is 515 g/mol. The van der Waals surface area contributed by atoms with Crippen molar-refractivity contribution in [3.05, 3.63) is 65.2 Å². The quantitative estimate of drug-likeness (QED) is 0.252. The van der Waals surface area contributed by atoms with Crippen molar-refractivity contribution in [1.82, 2.24) is 15.5 Å². The Bertz CT molecular complexity index is 804. The first kappa shape index (κ1) is 26.4. The number of halogens is 1. The second-order valence-electron chi connectivity index (χ2n) is 8.04. The van der Waals surface area contributed by atoms with Gasteiger partial charge < -0.3 is 20.5 Å². The van der Waals surface area contributed by atoms with Crippen molar-refractivity contribution in [2.75, 3.05) is 33.3 Å². The van der Waals surface area contributed by atoms with Crippen molar-refractivity contribution in [2.45, 2.75) is 45.4 Å². The molecule has 3 rings (SSSR count). The maximum absolute atomic E-state index is 9.65. The summed E-state index contributed by atoms with van der Waals surface area (Å²) < 4.78 is 5.21. The molecule has 2 aromatic rings. The van der Waals surface area contributed by atoms with Crippen LogP contribution in [0, 0.1) is 0 Å². The fraction of sp³-hybridized carbons (Fsp3) is 0.480. The molecule has 176 valence electrons. The predicted molar refractivity (Wildman–Crippen MR) is 142 cm³/mol. The summed E-state index contributed by atoms with van der Waals surface area (Å²) in [4.78, 5) is 7.14. The maximum atomic E-state index is 9.65. The number of hydrogen-bond acceptors (Lipinski definition) is 4. The average Bonchev–Trinajstić information content (AvgIpc) is 2.80. The predicted octanol–water partition coefficient (Wildman–Crippen LogP) is 3.57. The molecule has 0 bridgehead atoms. The minimum absolute atomic E-state index is 0. The van der Waals surface area contributed by atoms with E-state index in [1.54, 1.807) is 7.11 Å². The number of likely N-dealkylation sites (tertiary alicyclic amines) is 1. The molecule has 0 atom stereocenters. The molecule has 1 heterocycles. The molecule has 0 aliphatic carbocycles. The van der Waals surface area contributed by atoms with Crippen LogP contribution in [0.15, 0.2) is 53.5 Å². The molecule has 2 aromatic carbocycles. The van der Waals surface area contributed by atoms with Crippen LogP contribution >= 0.6 is 24.0 Å². The Hall–Kier alpha value is -1.84.